The van der Waals surface area contributed by atoms with Crippen LogP contribution in [0.2, 0.25) is 0 Å². The molecule has 7 heteroatoms. The Labute approximate surface area is 108 Å². The summed E-state index contributed by atoms with van der Waals surface area (Å²) >= 11 is 0. The van der Waals surface area contributed by atoms with Crippen LogP contribution in [0, 0.1) is 5.92 Å². The molecule has 1 aromatic rings. The fourth-order valence-electron chi connectivity index (χ4n) is 1.70. The first kappa shape index (κ1) is 15.1. The van der Waals surface area contributed by atoms with E-state index in [1.807, 2.05) is 27.7 Å². The van der Waals surface area contributed by atoms with Crippen LogP contribution < -0.4 is 0 Å². The van der Waals surface area contributed by atoms with Crippen LogP contribution in [0.1, 0.15) is 33.3 Å². The van der Waals surface area contributed by atoms with Gasteiger partial charge < -0.3 is 5.11 Å². The van der Waals surface area contributed by atoms with Crippen molar-refractivity contribution in [1.29, 1.82) is 0 Å². The smallest absolute Gasteiger partial charge is 0.260 e. The maximum absolute atomic E-state index is 12.5. The van der Waals surface area contributed by atoms with E-state index in [4.69, 9.17) is 5.11 Å². The topological polar surface area (TPSA) is 86.3 Å². The van der Waals surface area contributed by atoms with Gasteiger partial charge in [-0.05, 0) is 19.8 Å². The van der Waals surface area contributed by atoms with Crippen molar-refractivity contribution in [3.05, 3.63) is 11.8 Å². The highest BCUT2D eigenvalue weighted by molar-refractivity contribution is 7.89. The molecule has 0 saturated heterocycles. The lowest BCUT2D eigenvalue weighted by molar-refractivity contribution is 0.276. The maximum atomic E-state index is 12.5. The Bertz CT molecular complexity index is 479. The monoisotopic (exact) mass is 275 g/mol. The number of nitrogens with one attached hydrogen (secondary N) is 1. The summed E-state index contributed by atoms with van der Waals surface area (Å²) in [4.78, 5) is 0. The number of aliphatic hydroxyl groups excluding tert-OH is 1. The van der Waals surface area contributed by atoms with Gasteiger partial charge in [-0.3, -0.25) is 5.10 Å². The van der Waals surface area contributed by atoms with Crippen LogP contribution >= 0.6 is 0 Å². The number of hydrogen-bond acceptors (Lipinski definition) is 4. The van der Waals surface area contributed by atoms with Gasteiger partial charge in [0.15, 0.2) is 5.03 Å². The van der Waals surface area contributed by atoms with E-state index in [1.54, 1.807) is 0 Å². The fourth-order valence-corrected chi connectivity index (χ4v) is 3.60. The summed E-state index contributed by atoms with van der Waals surface area (Å²) in [5.74, 6) is 0.225. The van der Waals surface area contributed by atoms with Gasteiger partial charge in [-0.1, -0.05) is 13.8 Å². The number of aliphatic hydroxyl groups is 1. The van der Waals surface area contributed by atoms with Gasteiger partial charge in [0.1, 0.15) is 0 Å². The molecule has 0 saturated carbocycles. The Morgan fingerprint density at radius 3 is 2.44 bits per heavy atom. The molecule has 2 N–H and O–H groups in total. The third-order valence-electron chi connectivity index (χ3n) is 2.54. The minimum Gasteiger partial charge on any atom is -0.392 e. The van der Waals surface area contributed by atoms with E-state index in [-0.39, 0.29) is 23.6 Å². The first-order valence-electron chi connectivity index (χ1n) is 5.95. The molecule has 6 nitrogen and oxygen atoms in total. The van der Waals surface area contributed by atoms with Gasteiger partial charge in [0.25, 0.3) is 10.0 Å². The molecule has 0 fully saturated rings. The van der Waals surface area contributed by atoms with Crippen LogP contribution in [-0.2, 0) is 16.6 Å². The highest BCUT2D eigenvalue weighted by Crippen LogP contribution is 2.21. The number of nitrogens with zero attached hydrogens (tertiary/aromatic N) is 2. The van der Waals surface area contributed by atoms with E-state index in [0.717, 1.165) is 0 Å². The van der Waals surface area contributed by atoms with E-state index in [9.17, 15) is 8.42 Å². The van der Waals surface area contributed by atoms with E-state index >= 15 is 0 Å². The largest absolute Gasteiger partial charge is 0.392 e. The second-order valence-corrected chi connectivity index (χ2v) is 6.77. The quantitative estimate of drug-likeness (QED) is 0.809. The second kappa shape index (κ2) is 5.81. The first-order chi connectivity index (χ1) is 8.30. The number of aromatic nitrogens is 2. The average Bonchev–Trinajstić information content (AvgIpc) is 2.73. The predicted octanol–water partition coefficient (Wildman–Crippen LogP) is 0.957. The number of aromatic amines is 1. The zero-order valence-corrected chi connectivity index (χ0v) is 12.0. The first-order valence-corrected chi connectivity index (χ1v) is 7.39. The van der Waals surface area contributed by atoms with E-state index in [1.165, 1.54) is 10.5 Å². The lowest BCUT2D eigenvalue weighted by Crippen LogP contribution is -2.40. The van der Waals surface area contributed by atoms with Gasteiger partial charge in [0, 0.05) is 18.2 Å². The summed E-state index contributed by atoms with van der Waals surface area (Å²) in [6.45, 7) is 7.67. The minimum absolute atomic E-state index is 0.0145. The zero-order chi connectivity index (χ0) is 13.9. The van der Waals surface area contributed by atoms with Gasteiger partial charge >= 0.3 is 0 Å². The molecule has 0 radical (unpaired) electrons. The van der Waals surface area contributed by atoms with Gasteiger partial charge in [-0.25, -0.2) is 8.42 Å². The molecule has 104 valence electrons. The molecular formula is C11H21N3O3S. The maximum Gasteiger partial charge on any atom is 0.260 e. The lowest BCUT2D eigenvalue weighted by atomic mass is 10.2. The van der Waals surface area contributed by atoms with Crippen molar-refractivity contribution in [1.82, 2.24) is 14.5 Å². The van der Waals surface area contributed by atoms with Crippen LogP contribution in [0.15, 0.2) is 11.2 Å². The van der Waals surface area contributed by atoms with Gasteiger partial charge in [-0.15, -0.1) is 0 Å². The van der Waals surface area contributed by atoms with E-state index < -0.39 is 10.0 Å². The van der Waals surface area contributed by atoms with Gasteiger partial charge in [0.2, 0.25) is 0 Å². The summed E-state index contributed by atoms with van der Waals surface area (Å²) in [5.41, 5.74) is 0.296. The van der Waals surface area contributed by atoms with Crippen molar-refractivity contribution in [2.24, 2.45) is 5.92 Å². The van der Waals surface area contributed by atoms with Crippen LogP contribution in [0.5, 0.6) is 0 Å². The second-order valence-electron chi connectivity index (χ2n) is 4.94. The molecule has 0 aliphatic carbocycles. The highest BCUT2D eigenvalue weighted by atomic mass is 32.2. The number of hydrogen-bond donors (Lipinski definition) is 2. The summed E-state index contributed by atoms with van der Waals surface area (Å²) in [7, 11) is -3.64. The van der Waals surface area contributed by atoms with Crippen molar-refractivity contribution in [2.75, 3.05) is 6.54 Å². The molecule has 1 aromatic heterocycles. The highest BCUT2D eigenvalue weighted by Gasteiger charge is 2.30. The number of rotatable bonds is 6. The molecule has 0 spiro atoms. The third kappa shape index (κ3) is 3.09. The SMILES string of the molecule is CC(C)CN(C(C)C)S(=O)(=O)c1[nH]ncc1CO. The van der Waals surface area contributed by atoms with E-state index in [0.29, 0.717) is 12.1 Å². The Balaban J connectivity index is 3.17. The Morgan fingerprint density at radius 2 is 2.00 bits per heavy atom. The average molecular weight is 275 g/mol. The summed E-state index contributed by atoms with van der Waals surface area (Å²) in [6.07, 6.45) is 1.33. The van der Waals surface area contributed by atoms with Crippen LogP contribution in [0.25, 0.3) is 0 Å². The summed E-state index contributed by atoms with van der Waals surface area (Å²) in [6, 6.07) is -0.146. The lowest BCUT2D eigenvalue weighted by Gasteiger charge is -2.27. The van der Waals surface area contributed by atoms with Crippen LogP contribution in [0.4, 0.5) is 0 Å². The molecule has 18 heavy (non-hydrogen) atoms. The van der Waals surface area contributed by atoms with Crippen LogP contribution in [0.3, 0.4) is 0 Å². The van der Waals surface area contributed by atoms with E-state index in [2.05, 4.69) is 10.2 Å². The zero-order valence-electron chi connectivity index (χ0n) is 11.2. The third-order valence-corrected chi connectivity index (χ3v) is 4.59. The molecular weight excluding hydrogens is 254 g/mol. The Kier molecular flexibility index (Phi) is 4.89. The molecule has 0 aliphatic heterocycles. The summed E-state index contributed by atoms with van der Waals surface area (Å²) < 4.78 is 26.4. The Morgan fingerprint density at radius 1 is 1.39 bits per heavy atom. The number of sulfonamides is 1. The molecule has 0 aliphatic rings. The van der Waals surface area contributed by atoms with Crippen molar-refractivity contribution in [2.45, 2.75) is 45.4 Å². The van der Waals surface area contributed by atoms with Gasteiger partial charge in [0.05, 0.1) is 12.8 Å². The van der Waals surface area contributed by atoms with Crippen LogP contribution in [-0.4, -0.2) is 40.6 Å². The normalized spacial score (nSPS) is 12.9. The minimum atomic E-state index is -3.64. The summed E-state index contributed by atoms with van der Waals surface area (Å²) in [5, 5.41) is 15.3. The standard InChI is InChI=1S/C11H21N3O3S/c1-8(2)6-14(9(3)4)18(16,17)11-10(7-15)5-12-13-11/h5,8-9,15H,6-7H2,1-4H3,(H,12,13). The molecule has 1 rings (SSSR count). The molecule has 0 unspecified atom stereocenters. The van der Waals surface area contributed by atoms with Gasteiger partial charge in [-0.2, -0.15) is 9.40 Å². The molecule has 0 bridgehead atoms. The molecule has 0 aromatic carbocycles. The Hall–Kier alpha value is -0.920. The van der Waals surface area contributed by atoms with Crippen molar-refractivity contribution in [3.8, 4) is 0 Å². The predicted molar refractivity (Wildman–Crippen MR) is 68.4 cm³/mol. The molecule has 1 heterocycles. The van der Waals surface area contributed by atoms with Crippen molar-refractivity contribution in [3.63, 3.8) is 0 Å². The van der Waals surface area contributed by atoms with Crippen molar-refractivity contribution >= 4 is 10.0 Å². The molecule has 0 atom stereocenters. The molecule has 0 amide bonds. The van der Waals surface area contributed by atoms with Crippen molar-refractivity contribution < 1.29 is 13.5 Å². The number of H-pyrrole nitrogens is 1. The fraction of sp³-hybridized carbons (Fsp3) is 0.727.